The lowest BCUT2D eigenvalue weighted by molar-refractivity contribution is -0.131. The van der Waals surface area contributed by atoms with Gasteiger partial charge < -0.3 is 19.7 Å². The highest BCUT2D eigenvalue weighted by Gasteiger charge is 2.31. The molecule has 1 unspecified atom stereocenters. The lowest BCUT2D eigenvalue weighted by Crippen LogP contribution is -2.36. The first-order valence-electron chi connectivity index (χ1n) is 6.87. The fraction of sp³-hybridized carbons (Fsp3) is 0.533. The third kappa shape index (κ3) is 3.80. The molecule has 6 heteroatoms. The topological polar surface area (TPSA) is 50.8 Å². The van der Waals surface area contributed by atoms with E-state index in [1.807, 2.05) is 23.1 Å². The number of methoxy groups -OCH3 is 2. The minimum Gasteiger partial charge on any atom is -0.497 e. The van der Waals surface area contributed by atoms with Crippen molar-refractivity contribution in [3.63, 3.8) is 0 Å². The van der Waals surface area contributed by atoms with Crippen molar-refractivity contribution >= 4 is 18.3 Å². The third-order valence-electron chi connectivity index (χ3n) is 3.70. The van der Waals surface area contributed by atoms with Gasteiger partial charge in [0, 0.05) is 12.1 Å². The second kappa shape index (κ2) is 8.10. The number of hydrogen-bond donors (Lipinski definition) is 1. The monoisotopic (exact) mass is 314 g/mol. The van der Waals surface area contributed by atoms with Crippen molar-refractivity contribution in [3.05, 3.63) is 23.8 Å². The number of likely N-dealkylation sites (N-methyl/N-ethyl adjacent to an activating group) is 1. The molecule has 0 saturated carbocycles. The van der Waals surface area contributed by atoms with Gasteiger partial charge in [-0.15, -0.1) is 12.4 Å². The van der Waals surface area contributed by atoms with Gasteiger partial charge in [-0.3, -0.25) is 4.79 Å². The minimum absolute atomic E-state index is 0. The molecule has 0 aliphatic carbocycles. The standard InChI is InChI=1S/C15H22N2O3.ClH/c1-16-10-15(18)17-8-4-5-13(17)12-9-11(19-2)6-7-14(12)20-3;/h6-7,9,13,16H,4-5,8,10H2,1-3H3;1H. The molecule has 1 aromatic rings. The number of rotatable bonds is 5. The Morgan fingerprint density at radius 1 is 1.38 bits per heavy atom. The van der Waals surface area contributed by atoms with Gasteiger partial charge in [-0.25, -0.2) is 0 Å². The van der Waals surface area contributed by atoms with Crippen LogP contribution >= 0.6 is 12.4 Å². The van der Waals surface area contributed by atoms with Crippen LogP contribution in [0.2, 0.25) is 0 Å². The van der Waals surface area contributed by atoms with Crippen LogP contribution in [0.5, 0.6) is 11.5 Å². The lowest BCUT2D eigenvalue weighted by atomic mass is 10.0. The Morgan fingerprint density at radius 2 is 2.14 bits per heavy atom. The largest absolute Gasteiger partial charge is 0.497 e. The van der Waals surface area contributed by atoms with Crippen LogP contribution in [0.3, 0.4) is 0 Å². The summed E-state index contributed by atoms with van der Waals surface area (Å²) < 4.78 is 10.7. The highest BCUT2D eigenvalue weighted by atomic mass is 35.5. The van der Waals surface area contributed by atoms with Gasteiger partial charge in [0.05, 0.1) is 26.8 Å². The first kappa shape index (κ1) is 17.6. The molecule has 5 nitrogen and oxygen atoms in total. The van der Waals surface area contributed by atoms with Crippen LogP contribution in [-0.2, 0) is 4.79 Å². The summed E-state index contributed by atoms with van der Waals surface area (Å²) in [5.41, 5.74) is 1.02. The van der Waals surface area contributed by atoms with Crippen molar-refractivity contribution < 1.29 is 14.3 Å². The van der Waals surface area contributed by atoms with Crippen molar-refractivity contribution in [2.45, 2.75) is 18.9 Å². The smallest absolute Gasteiger partial charge is 0.237 e. The van der Waals surface area contributed by atoms with Crippen LogP contribution in [-0.4, -0.2) is 45.2 Å². The number of halogens is 1. The first-order valence-corrected chi connectivity index (χ1v) is 6.87. The molecule has 1 saturated heterocycles. The predicted octanol–water partition coefficient (Wildman–Crippen LogP) is 2.01. The molecule has 1 N–H and O–H groups in total. The summed E-state index contributed by atoms with van der Waals surface area (Å²) in [7, 11) is 5.08. The zero-order chi connectivity index (χ0) is 14.5. The van der Waals surface area contributed by atoms with E-state index in [4.69, 9.17) is 9.47 Å². The van der Waals surface area contributed by atoms with Crippen molar-refractivity contribution in [1.82, 2.24) is 10.2 Å². The Bertz CT molecular complexity index is 482. The van der Waals surface area contributed by atoms with Crippen molar-refractivity contribution in [1.29, 1.82) is 0 Å². The number of benzene rings is 1. The Kier molecular flexibility index (Phi) is 6.78. The van der Waals surface area contributed by atoms with E-state index in [2.05, 4.69) is 5.32 Å². The molecule has 0 bridgehead atoms. The van der Waals surface area contributed by atoms with Crippen LogP contribution in [0, 0.1) is 0 Å². The zero-order valence-corrected chi connectivity index (χ0v) is 13.5. The molecule has 0 spiro atoms. The van der Waals surface area contributed by atoms with Gasteiger partial charge in [0.1, 0.15) is 11.5 Å². The van der Waals surface area contributed by atoms with Gasteiger partial charge in [-0.05, 0) is 38.1 Å². The molecule has 1 aliphatic heterocycles. The number of nitrogens with one attached hydrogen (secondary N) is 1. The molecule has 118 valence electrons. The van der Waals surface area contributed by atoms with Gasteiger partial charge in [0.15, 0.2) is 0 Å². The molecule has 2 rings (SSSR count). The summed E-state index contributed by atoms with van der Waals surface area (Å²) in [6, 6.07) is 5.81. The highest BCUT2D eigenvalue weighted by molar-refractivity contribution is 5.85. The average Bonchev–Trinajstić information content (AvgIpc) is 2.96. The number of ether oxygens (including phenoxy) is 2. The maximum absolute atomic E-state index is 12.2. The molecule has 0 aromatic heterocycles. The fourth-order valence-electron chi connectivity index (χ4n) is 2.74. The third-order valence-corrected chi connectivity index (χ3v) is 3.70. The van der Waals surface area contributed by atoms with E-state index in [0.29, 0.717) is 6.54 Å². The summed E-state index contributed by atoms with van der Waals surface area (Å²) in [5.74, 6) is 1.72. The molecule has 1 aromatic carbocycles. The second-order valence-corrected chi connectivity index (χ2v) is 4.88. The van der Waals surface area contributed by atoms with Gasteiger partial charge in [0.25, 0.3) is 0 Å². The normalized spacial score (nSPS) is 17.3. The van der Waals surface area contributed by atoms with Crippen molar-refractivity contribution in [2.75, 3.05) is 34.4 Å². The number of nitrogens with zero attached hydrogens (tertiary/aromatic N) is 1. The van der Waals surface area contributed by atoms with E-state index >= 15 is 0 Å². The van der Waals surface area contributed by atoms with Crippen LogP contribution in [0.4, 0.5) is 0 Å². The van der Waals surface area contributed by atoms with Gasteiger partial charge in [0.2, 0.25) is 5.91 Å². The number of amides is 1. The summed E-state index contributed by atoms with van der Waals surface area (Å²) in [6.45, 7) is 1.16. The van der Waals surface area contributed by atoms with Gasteiger partial charge in [-0.2, -0.15) is 0 Å². The second-order valence-electron chi connectivity index (χ2n) is 4.88. The SMILES string of the molecule is CNCC(=O)N1CCCC1c1cc(OC)ccc1OC.Cl. The minimum atomic E-state index is 0. The quantitative estimate of drug-likeness (QED) is 0.903. The van der Waals surface area contributed by atoms with E-state index in [0.717, 1.165) is 36.4 Å². The number of carbonyl (C=O) groups excluding carboxylic acids is 1. The average molecular weight is 315 g/mol. The van der Waals surface area contributed by atoms with Crippen LogP contribution in [0.15, 0.2) is 18.2 Å². The summed E-state index contributed by atoms with van der Waals surface area (Å²) in [4.78, 5) is 14.1. The van der Waals surface area contributed by atoms with Crippen molar-refractivity contribution in [3.8, 4) is 11.5 Å². The molecule has 1 aliphatic rings. The molecule has 0 radical (unpaired) electrons. The van der Waals surface area contributed by atoms with E-state index in [9.17, 15) is 4.79 Å². The van der Waals surface area contributed by atoms with Crippen molar-refractivity contribution in [2.24, 2.45) is 0 Å². The van der Waals surface area contributed by atoms with E-state index in [-0.39, 0.29) is 24.4 Å². The number of carbonyl (C=O) groups is 1. The fourth-order valence-corrected chi connectivity index (χ4v) is 2.74. The Labute approximate surface area is 132 Å². The molecule has 21 heavy (non-hydrogen) atoms. The van der Waals surface area contributed by atoms with Crippen LogP contribution < -0.4 is 14.8 Å². The zero-order valence-electron chi connectivity index (χ0n) is 12.7. The van der Waals surface area contributed by atoms with Crippen LogP contribution in [0.25, 0.3) is 0 Å². The van der Waals surface area contributed by atoms with E-state index < -0.39 is 0 Å². The summed E-state index contributed by atoms with van der Waals surface area (Å²) in [5, 5.41) is 2.92. The molecular weight excluding hydrogens is 292 g/mol. The maximum atomic E-state index is 12.2. The Morgan fingerprint density at radius 3 is 2.76 bits per heavy atom. The maximum Gasteiger partial charge on any atom is 0.237 e. The summed E-state index contributed by atoms with van der Waals surface area (Å²) in [6.07, 6.45) is 1.97. The lowest BCUT2D eigenvalue weighted by Gasteiger charge is -2.26. The van der Waals surface area contributed by atoms with E-state index in [1.54, 1.807) is 21.3 Å². The van der Waals surface area contributed by atoms with Gasteiger partial charge >= 0.3 is 0 Å². The van der Waals surface area contributed by atoms with Crippen LogP contribution in [0.1, 0.15) is 24.4 Å². The highest BCUT2D eigenvalue weighted by Crippen LogP contribution is 2.38. The first-order chi connectivity index (χ1) is 9.71. The Hall–Kier alpha value is -1.46. The molecular formula is C15H23ClN2O3. The Balaban J connectivity index is 0.00000220. The number of likely N-dealkylation sites (tertiary alicyclic amines) is 1. The molecule has 1 atom stereocenters. The molecule has 1 fully saturated rings. The summed E-state index contributed by atoms with van der Waals surface area (Å²) >= 11 is 0. The molecule has 1 heterocycles. The molecule has 1 amide bonds. The predicted molar refractivity (Wildman–Crippen MR) is 84.4 cm³/mol. The van der Waals surface area contributed by atoms with Gasteiger partial charge in [-0.1, -0.05) is 0 Å². The number of hydrogen-bond acceptors (Lipinski definition) is 4. The van der Waals surface area contributed by atoms with E-state index in [1.165, 1.54) is 0 Å².